The lowest BCUT2D eigenvalue weighted by molar-refractivity contribution is -0.115. The fourth-order valence-electron chi connectivity index (χ4n) is 1.72. The predicted molar refractivity (Wildman–Crippen MR) is 83.4 cm³/mol. The van der Waals surface area contributed by atoms with Crippen LogP contribution in [0, 0.1) is 17.5 Å². The number of hydrogen-bond donors (Lipinski definition) is 3. The van der Waals surface area contributed by atoms with Crippen molar-refractivity contribution in [2.75, 3.05) is 17.2 Å². The molecular formula is C15H11ClF3N3O2. The summed E-state index contributed by atoms with van der Waals surface area (Å²) in [6.45, 7) is -0.509. The van der Waals surface area contributed by atoms with Crippen LogP contribution in [0.5, 0.6) is 0 Å². The Morgan fingerprint density at radius 3 is 2.46 bits per heavy atom. The van der Waals surface area contributed by atoms with Gasteiger partial charge in [-0.05, 0) is 30.3 Å². The van der Waals surface area contributed by atoms with E-state index in [1.807, 2.05) is 5.32 Å². The van der Waals surface area contributed by atoms with Gasteiger partial charge in [-0.3, -0.25) is 4.79 Å². The van der Waals surface area contributed by atoms with Gasteiger partial charge in [0.15, 0.2) is 17.5 Å². The molecule has 0 aliphatic rings. The molecular weight excluding hydrogens is 347 g/mol. The van der Waals surface area contributed by atoms with E-state index < -0.39 is 41.6 Å². The van der Waals surface area contributed by atoms with E-state index in [1.165, 1.54) is 6.07 Å². The highest BCUT2D eigenvalue weighted by Gasteiger charge is 2.15. The number of benzene rings is 2. The zero-order valence-electron chi connectivity index (χ0n) is 12.0. The van der Waals surface area contributed by atoms with Crippen molar-refractivity contribution < 1.29 is 22.8 Å². The largest absolute Gasteiger partial charge is 0.329 e. The summed E-state index contributed by atoms with van der Waals surface area (Å²) in [6.07, 6.45) is 0. The van der Waals surface area contributed by atoms with Crippen molar-refractivity contribution in [1.29, 1.82) is 0 Å². The zero-order chi connectivity index (χ0) is 17.7. The summed E-state index contributed by atoms with van der Waals surface area (Å²) in [4.78, 5) is 23.2. The summed E-state index contributed by atoms with van der Waals surface area (Å²) in [5.41, 5.74) is -0.122. The first-order valence-corrected chi connectivity index (χ1v) is 6.98. The van der Waals surface area contributed by atoms with Crippen LogP contribution in [0.1, 0.15) is 0 Å². The smallest absolute Gasteiger partial charge is 0.319 e. The molecule has 3 N–H and O–H groups in total. The molecule has 2 aromatic carbocycles. The third-order valence-electron chi connectivity index (χ3n) is 2.80. The number of carbonyl (C=O) groups excluding carboxylic acids is 2. The second kappa shape index (κ2) is 7.69. The molecule has 2 aromatic rings. The molecule has 0 unspecified atom stereocenters. The van der Waals surface area contributed by atoms with Crippen LogP contribution in [0.3, 0.4) is 0 Å². The number of hydrogen-bond acceptors (Lipinski definition) is 2. The topological polar surface area (TPSA) is 70.2 Å². The summed E-state index contributed by atoms with van der Waals surface area (Å²) in [5.74, 6) is -5.41. The maximum Gasteiger partial charge on any atom is 0.319 e. The molecule has 24 heavy (non-hydrogen) atoms. The van der Waals surface area contributed by atoms with Gasteiger partial charge in [-0.15, -0.1) is 0 Å². The first kappa shape index (κ1) is 17.6. The van der Waals surface area contributed by atoms with Crippen molar-refractivity contribution in [3.05, 3.63) is 58.9 Å². The van der Waals surface area contributed by atoms with Crippen molar-refractivity contribution in [2.24, 2.45) is 0 Å². The monoisotopic (exact) mass is 357 g/mol. The molecule has 2 rings (SSSR count). The van der Waals surface area contributed by atoms with Gasteiger partial charge in [0.2, 0.25) is 5.91 Å². The molecule has 0 fully saturated rings. The molecule has 0 aliphatic heterocycles. The molecule has 0 spiro atoms. The first-order chi connectivity index (χ1) is 11.4. The second-order valence-electron chi connectivity index (χ2n) is 4.59. The maximum absolute atomic E-state index is 13.4. The fourth-order valence-corrected chi connectivity index (χ4v) is 1.91. The second-order valence-corrected chi connectivity index (χ2v) is 5.03. The van der Waals surface area contributed by atoms with E-state index >= 15 is 0 Å². The molecule has 0 atom stereocenters. The van der Waals surface area contributed by atoms with E-state index in [-0.39, 0.29) is 0 Å². The Labute approximate surface area is 139 Å². The van der Waals surface area contributed by atoms with Crippen molar-refractivity contribution >= 4 is 34.9 Å². The van der Waals surface area contributed by atoms with E-state index in [0.717, 1.165) is 6.07 Å². The van der Waals surface area contributed by atoms with E-state index in [2.05, 4.69) is 10.6 Å². The van der Waals surface area contributed by atoms with Crippen LogP contribution in [0.25, 0.3) is 0 Å². The van der Waals surface area contributed by atoms with Crippen LogP contribution >= 0.6 is 11.6 Å². The van der Waals surface area contributed by atoms with Crippen molar-refractivity contribution in [2.45, 2.75) is 0 Å². The Kier molecular flexibility index (Phi) is 5.64. The third-order valence-corrected chi connectivity index (χ3v) is 3.04. The predicted octanol–water partition coefficient (Wildman–Crippen LogP) is 3.52. The molecule has 0 saturated heterocycles. The number of carbonyl (C=O) groups is 2. The van der Waals surface area contributed by atoms with Gasteiger partial charge in [0.25, 0.3) is 0 Å². The summed E-state index contributed by atoms with van der Waals surface area (Å²) in [7, 11) is 0. The number of halogens is 4. The van der Waals surface area contributed by atoms with Crippen molar-refractivity contribution in [3.63, 3.8) is 0 Å². The lowest BCUT2D eigenvalue weighted by Gasteiger charge is -2.09. The van der Waals surface area contributed by atoms with Crippen molar-refractivity contribution in [3.8, 4) is 0 Å². The zero-order valence-corrected chi connectivity index (χ0v) is 12.8. The molecule has 3 amide bonds. The van der Waals surface area contributed by atoms with Gasteiger partial charge in [0.05, 0.1) is 12.2 Å². The highest BCUT2D eigenvalue weighted by atomic mass is 35.5. The van der Waals surface area contributed by atoms with Gasteiger partial charge < -0.3 is 16.0 Å². The molecule has 9 heteroatoms. The third kappa shape index (κ3) is 4.63. The normalized spacial score (nSPS) is 10.2. The minimum Gasteiger partial charge on any atom is -0.329 e. The van der Waals surface area contributed by atoms with Crippen LogP contribution in [0.2, 0.25) is 5.02 Å². The average molecular weight is 358 g/mol. The van der Waals surface area contributed by atoms with Gasteiger partial charge in [0.1, 0.15) is 0 Å². The average Bonchev–Trinajstić information content (AvgIpc) is 2.53. The number of urea groups is 1. The number of nitrogens with one attached hydrogen (secondary N) is 3. The molecule has 0 aliphatic carbocycles. The summed E-state index contributed by atoms with van der Waals surface area (Å²) >= 11 is 5.76. The van der Waals surface area contributed by atoms with Gasteiger partial charge in [-0.2, -0.15) is 0 Å². The molecule has 5 nitrogen and oxygen atoms in total. The van der Waals surface area contributed by atoms with Crippen LogP contribution in [0.4, 0.5) is 29.3 Å². The SMILES string of the molecule is O=C(CNC(=O)Nc1cccc(Cl)c1)Nc1ccc(F)c(F)c1F. The Morgan fingerprint density at radius 2 is 1.75 bits per heavy atom. The van der Waals surface area contributed by atoms with E-state index in [0.29, 0.717) is 16.8 Å². The Balaban J connectivity index is 1.87. The lowest BCUT2D eigenvalue weighted by Crippen LogP contribution is -2.36. The Hall–Kier alpha value is -2.74. The summed E-state index contributed by atoms with van der Waals surface area (Å²) in [5, 5.41) is 7.09. The molecule has 0 bridgehead atoms. The van der Waals surface area contributed by atoms with Crippen LogP contribution in [-0.4, -0.2) is 18.5 Å². The van der Waals surface area contributed by atoms with Crippen molar-refractivity contribution in [1.82, 2.24) is 5.32 Å². The van der Waals surface area contributed by atoms with E-state index in [1.54, 1.807) is 18.2 Å². The standard InChI is InChI=1S/C15H11ClF3N3O2/c16-8-2-1-3-9(6-8)21-15(24)20-7-12(23)22-11-5-4-10(17)13(18)14(11)19/h1-6H,7H2,(H,22,23)(H2,20,21,24). The maximum atomic E-state index is 13.4. The summed E-state index contributed by atoms with van der Waals surface area (Å²) in [6, 6.07) is 7.17. The quantitative estimate of drug-likeness (QED) is 0.733. The number of rotatable bonds is 4. The Bertz CT molecular complexity index is 787. The van der Waals surface area contributed by atoms with Crippen LogP contribution in [-0.2, 0) is 4.79 Å². The van der Waals surface area contributed by atoms with E-state index in [9.17, 15) is 22.8 Å². The van der Waals surface area contributed by atoms with Gasteiger partial charge in [-0.1, -0.05) is 17.7 Å². The number of amides is 3. The minimum atomic E-state index is -1.69. The molecule has 0 aromatic heterocycles. The molecule has 0 saturated carbocycles. The molecule has 0 radical (unpaired) electrons. The van der Waals surface area contributed by atoms with Gasteiger partial charge in [0, 0.05) is 10.7 Å². The number of anilines is 2. The first-order valence-electron chi connectivity index (χ1n) is 6.60. The van der Waals surface area contributed by atoms with E-state index in [4.69, 9.17) is 11.6 Å². The van der Waals surface area contributed by atoms with Gasteiger partial charge >= 0.3 is 6.03 Å². The molecule has 126 valence electrons. The van der Waals surface area contributed by atoms with Gasteiger partial charge in [-0.25, -0.2) is 18.0 Å². The highest BCUT2D eigenvalue weighted by molar-refractivity contribution is 6.30. The minimum absolute atomic E-state index is 0.409. The van der Waals surface area contributed by atoms with Crippen LogP contribution < -0.4 is 16.0 Å². The lowest BCUT2D eigenvalue weighted by atomic mass is 10.2. The summed E-state index contributed by atoms with van der Waals surface area (Å²) < 4.78 is 39.2. The highest BCUT2D eigenvalue weighted by Crippen LogP contribution is 2.19. The van der Waals surface area contributed by atoms with Crippen LogP contribution in [0.15, 0.2) is 36.4 Å². The fraction of sp³-hybridized carbons (Fsp3) is 0.0667. The Morgan fingerprint density at radius 1 is 1.00 bits per heavy atom. The molecule has 0 heterocycles.